The fourth-order valence-corrected chi connectivity index (χ4v) is 3.17. The Kier molecular flexibility index (Phi) is 4.43. The minimum absolute atomic E-state index is 0.134. The van der Waals surface area contributed by atoms with Crippen molar-refractivity contribution in [2.24, 2.45) is 0 Å². The van der Waals surface area contributed by atoms with Crippen molar-refractivity contribution in [1.29, 1.82) is 0 Å². The average molecular weight is 352 g/mol. The van der Waals surface area contributed by atoms with Gasteiger partial charge < -0.3 is 14.1 Å². The summed E-state index contributed by atoms with van der Waals surface area (Å²) >= 11 is 0. The molecule has 1 aliphatic heterocycles. The molecule has 1 atom stereocenters. The molecule has 1 unspecified atom stereocenters. The number of hydrogen-bond donors (Lipinski definition) is 1. The quantitative estimate of drug-likeness (QED) is 0.777. The van der Waals surface area contributed by atoms with Crippen LogP contribution in [0, 0.1) is 6.92 Å². The number of carbonyl (C=O) groups excluding carboxylic acids is 1. The number of aromatic amines is 1. The SMILES string of the molecule is Cc1nc(C2CCCN(C(=O)c3ccc(Oc4ccccc4)o3)C2)n[nH]1. The molecule has 0 bridgehead atoms. The van der Waals surface area contributed by atoms with E-state index in [9.17, 15) is 4.79 Å². The third-order valence-corrected chi connectivity index (χ3v) is 4.44. The van der Waals surface area contributed by atoms with Crippen LogP contribution in [-0.2, 0) is 0 Å². The van der Waals surface area contributed by atoms with Gasteiger partial charge in [-0.25, -0.2) is 4.98 Å². The molecule has 1 aliphatic rings. The topological polar surface area (TPSA) is 84.2 Å². The first-order valence-electron chi connectivity index (χ1n) is 8.70. The van der Waals surface area contributed by atoms with E-state index in [1.807, 2.05) is 37.3 Å². The van der Waals surface area contributed by atoms with Crippen LogP contribution in [0.4, 0.5) is 0 Å². The summed E-state index contributed by atoms with van der Waals surface area (Å²) < 4.78 is 11.2. The van der Waals surface area contributed by atoms with Crippen LogP contribution in [0.2, 0.25) is 0 Å². The Labute approximate surface area is 151 Å². The number of aryl methyl sites for hydroxylation is 1. The van der Waals surface area contributed by atoms with E-state index >= 15 is 0 Å². The Morgan fingerprint density at radius 3 is 2.88 bits per heavy atom. The number of H-pyrrole nitrogens is 1. The summed E-state index contributed by atoms with van der Waals surface area (Å²) in [6.07, 6.45) is 1.89. The highest BCUT2D eigenvalue weighted by molar-refractivity contribution is 5.91. The van der Waals surface area contributed by atoms with E-state index in [2.05, 4.69) is 15.2 Å². The molecule has 2 aromatic heterocycles. The maximum Gasteiger partial charge on any atom is 0.290 e. The third-order valence-electron chi connectivity index (χ3n) is 4.44. The molecule has 1 amide bonds. The van der Waals surface area contributed by atoms with Crippen molar-refractivity contribution in [3.8, 4) is 11.7 Å². The van der Waals surface area contributed by atoms with Crippen molar-refractivity contribution in [2.75, 3.05) is 13.1 Å². The lowest BCUT2D eigenvalue weighted by molar-refractivity contribution is 0.0667. The predicted octanol–water partition coefficient (Wildman–Crippen LogP) is 3.52. The van der Waals surface area contributed by atoms with Crippen LogP contribution in [0.25, 0.3) is 0 Å². The van der Waals surface area contributed by atoms with Gasteiger partial charge in [0.05, 0.1) is 0 Å². The summed E-state index contributed by atoms with van der Waals surface area (Å²) in [7, 11) is 0. The highest BCUT2D eigenvalue weighted by Crippen LogP contribution is 2.28. The number of benzene rings is 1. The highest BCUT2D eigenvalue weighted by atomic mass is 16.6. The summed E-state index contributed by atoms with van der Waals surface area (Å²) in [5, 5.41) is 7.11. The van der Waals surface area contributed by atoms with Crippen molar-refractivity contribution < 1.29 is 13.9 Å². The van der Waals surface area contributed by atoms with Gasteiger partial charge in [0.1, 0.15) is 11.6 Å². The van der Waals surface area contributed by atoms with Gasteiger partial charge in [-0.2, -0.15) is 5.10 Å². The number of rotatable bonds is 4. The van der Waals surface area contributed by atoms with Crippen LogP contribution in [-0.4, -0.2) is 39.1 Å². The molecule has 0 aliphatic carbocycles. The third kappa shape index (κ3) is 3.46. The Morgan fingerprint density at radius 1 is 1.27 bits per heavy atom. The van der Waals surface area contributed by atoms with E-state index < -0.39 is 0 Å². The molecule has 0 radical (unpaired) electrons. The van der Waals surface area contributed by atoms with Gasteiger partial charge in [-0.1, -0.05) is 18.2 Å². The molecule has 26 heavy (non-hydrogen) atoms. The zero-order valence-corrected chi connectivity index (χ0v) is 14.5. The number of nitrogens with zero attached hydrogens (tertiary/aromatic N) is 3. The molecule has 3 heterocycles. The number of para-hydroxylation sites is 1. The van der Waals surface area contributed by atoms with Gasteiger partial charge >= 0.3 is 0 Å². The monoisotopic (exact) mass is 352 g/mol. The van der Waals surface area contributed by atoms with Gasteiger partial charge in [-0.3, -0.25) is 9.89 Å². The lowest BCUT2D eigenvalue weighted by Crippen LogP contribution is -2.39. The molecule has 1 saturated heterocycles. The zero-order chi connectivity index (χ0) is 17.9. The number of hydrogen-bond acceptors (Lipinski definition) is 5. The fourth-order valence-electron chi connectivity index (χ4n) is 3.17. The molecule has 4 rings (SSSR count). The lowest BCUT2D eigenvalue weighted by Gasteiger charge is -2.30. The van der Waals surface area contributed by atoms with Gasteiger partial charge in [0.2, 0.25) is 0 Å². The van der Waals surface area contributed by atoms with E-state index in [0.29, 0.717) is 24.8 Å². The fraction of sp³-hybridized carbons (Fsp3) is 0.316. The molecule has 3 aromatic rings. The predicted molar refractivity (Wildman–Crippen MR) is 94.2 cm³/mol. The van der Waals surface area contributed by atoms with Crippen molar-refractivity contribution in [1.82, 2.24) is 20.1 Å². The van der Waals surface area contributed by atoms with E-state index in [0.717, 1.165) is 24.5 Å². The molecule has 0 saturated carbocycles. The van der Waals surface area contributed by atoms with E-state index in [-0.39, 0.29) is 17.6 Å². The Bertz CT molecular complexity index is 887. The number of nitrogens with one attached hydrogen (secondary N) is 1. The van der Waals surface area contributed by atoms with Crippen molar-refractivity contribution in [2.45, 2.75) is 25.7 Å². The number of furan rings is 1. The van der Waals surface area contributed by atoms with Crippen molar-refractivity contribution in [3.05, 3.63) is 59.9 Å². The first kappa shape index (κ1) is 16.4. The second-order valence-corrected chi connectivity index (χ2v) is 6.40. The van der Waals surface area contributed by atoms with Crippen molar-refractivity contribution >= 4 is 5.91 Å². The van der Waals surface area contributed by atoms with Gasteiger partial charge in [-0.05, 0) is 38.0 Å². The maximum absolute atomic E-state index is 12.8. The second-order valence-electron chi connectivity index (χ2n) is 6.40. The van der Waals surface area contributed by atoms with Gasteiger partial charge in [-0.15, -0.1) is 0 Å². The Balaban J connectivity index is 1.44. The number of likely N-dealkylation sites (tertiary alicyclic amines) is 1. The molecule has 1 N–H and O–H groups in total. The van der Waals surface area contributed by atoms with E-state index in [1.54, 1.807) is 17.0 Å². The van der Waals surface area contributed by atoms with Gasteiger partial charge in [0.15, 0.2) is 11.6 Å². The summed E-state index contributed by atoms with van der Waals surface area (Å²) in [5.41, 5.74) is 0. The summed E-state index contributed by atoms with van der Waals surface area (Å²) in [6.45, 7) is 3.17. The minimum Gasteiger partial charge on any atom is -0.426 e. The number of aromatic nitrogens is 3. The van der Waals surface area contributed by atoms with E-state index in [1.165, 1.54) is 0 Å². The van der Waals surface area contributed by atoms with Crippen LogP contribution >= 0.6 is 0 Å². The summed E-state index contributed by atoms with van der Waals surface area (Å²) in [4.78, 5) is 19.0. The van der Waals surface area contributed by atoms with Crippen LogP contribution in [0.3, 0.4) is 0 Å². The zero-order valence-electron chi connectivity index (χ0n) is 14.5. The molecule has 0 spiro atoms. The molecule has 134 valence electrons. The second kappa shape index (κ2) is 7.03. The smallest absolute Gasteiger partial charge is 0.290 e. The highest BCUT2D eigenvalue weighted by Gasteiger charge is 2.29. The average Bonchev–Trinajstić information content (AvgIpc) is 3.31. The van der Waals surface area contributed by atoms with Crippen LogP contribution in [0.5, 0.6) is 11.7 Å². The molecule has 1 aromatic carbocycles. The van der Waals surface area contributed by atoms with Crippen LogP contribution in [0.1, 0.15) is 41.0 Å². The first-order valence-corrected chi connectivity index (χ1v) is 8.70. The van der Waals surface area contributed by atoms with Crippen LogP contribution in [0.15, 0.2) is 46.9 Å². The first-order chi connectivity index (χ1) is 12.7. The molecular formula is C19H20N4O3. The normalized spacial score (nSPS) is 17.3. The minimum atomic E-state index is -0.134. The number of amides is 1. The largest absolute Gasteiger partial charge is 0.426 e. The van der Waals surface area contributed by atoms with Crippen molar-refractivity contribution in [3.63, 3.8) is 0 Å². The number of ether oxygens (including phenoxy) is 1. The molecule has 1 fully saturated rings. The molecule has 7 nitrogen and oxygen atoms in total. The maximum atomic E-state index is 12.8. The van der Waals surface area contributed by atoms with Crippen LogP contribution < -0.4 is 4.74 Å². The number of piperidine rings is 1. The molecule has 7 heteroatoms. The Morgan fingerprint density at radius 2 is 2.12 bits per heavy atom. The van der Waals surface area contributed by atoms with Gasteiger partial charge in [0.25, 0.3) is 11.9 Å². The molecular weight excluding hydrogens is 332 g/mol. The standard InChI is InChI=1S/C19H20N4O3/c1-13-20-18(22-21-13)14-6-5-11-23(12-14)19(24)16-9-10-17(26-16)25-15-7-3-2-4-8-15/h2-4,7-10,14H,5-6,11-12H2,1H3,(H,20,21,22). The summed E-state index contributed by atoms with van der Waals surface area (Å²) in [6, 6.07) is 12.6. The summed E-state index contributed by atoms with van der Waals surface area (Å²) in [5.74, 6) is 2.82. The Hall–Kier alpha value is -3.09. The lowest BCUT2D eigenvalue weighted by atomic mass is 9.97. The van der Waals surface area contributed by atoms with E-state index in [4.69, 9.17) is 9.15 Å². The van der Waals surface area contributed by atoms with Gasteiger partial charge in [0, 0.05) is 25.1 Å². The number of carbonyl (C=O) groups is 1.